The minimum absolute atomic E-state index is 0.0134. The molecule has 0 aromatic heterocycles. The van der Waals surface area contributed by atoms with Crippen LogP contribution in [-0.2, 0) is 20.0 Å². The minimum Gasteiger partial charge on any atom is -0.279 e. The molecule has 0 spiro atoms. The van der Waals surface area contributed by atoms with Crippen molar-refractivity contribution in [3.8, 4) is 0 Å². The highest BCUT2D eigenvalue weighted by atomic mass is 32.2. The van der Waals surface area contributed by atoms with Crippen molar-refractivity contribution in [2.75, 3.05) is 17.8 Å². The molecule has 0 aliphatic heterocycles. The SMILES string of the molecule is CCN(CC)S(=O)(=O)c1ccc(S(=O)(=O)Nc2cccc([N+](=O)[O-])c2)cc1. The average Bonchev–Trinajstić information content (AvgIpc) is 2.62. The van der Waals surface area contributed by atoms with Gasteiger partial charge in [-0.2, -0.15) is 4.31 Å². The molecule has 2 rings (SSSR count). The first-order valence-corrected chi connectivity index (χ1v) is 10.9. The molecular formula is C16H19N3O6S2. The summed E-state index contributed by atoms with van der Waals surface area (Å²) >= 11 is 0. The van der Waals surface area contributed by atoms with Crippen LogP contribution in [-0.4, -0.2) is 39.2 Å². The summed E-state index contributed by atoms with van der Waals surface area (Å²) < 4.78 is 53.3. The third-order valence-corrected chi connectivity index (χ3v) is 7.25. The van der Waals surface area contributed by atoms with Gasteiger partial charge in [0.15, 0.2) is 0 Å². The van der Waals surface area contributed by atoms with Crippen LogP contribution >= 0.6 is 0 Å². The Kier molecular flexibility index (Phi) is 6.19. The van der Waals surface area contributed by atoms with Crippen molar-refractivity contribution in [3.05, 3.63) is 58.6 Å². The molecule has 11 heteroatoms. The molecule has 27 heavy (non-hydrogen) atoms. The maximum absolute atomic E-state index is 12.4. The topological polar surface area (TPSA) is 127 Å². The predicted octanol–water partition coefficient (Wildman–Crippen LogP) is 2.43. The zero-order valence-electron chi connectivity index (χ0n) is 14.7. The minimum atomic E-state index is -4.03. The van der Waals surface area contributed by atoms with E-state index in [1.165, 1.54) is 46.8 Å². The molecule has 2 aromatic carbocycles. The lowest BCUT2D eigenvalue weighted by atomic mass is 10.3. The van der Waals surface area contributed by atoms with Gasteiger partial charge in [-0.1, -0.05) is 19.9 Å². The first-order valence-electron chi connectivity index (χ1n) is 7.99. The third kappa shape index (κ3) is 4.62. The van der Waals surface area contributed by atoms with Gasteiger partial charge in [0.1, 0.15) is 0 Å². The summed E-state index contributed by atoms with van der Waals surface area (Å²) in [6.45, 7) is 4.02. The van der Waals surface area contributed by atoms with Crippen LogP contribution in [0.3, 0.4) is 0 Å². The van der Waals surface area contributed by atoms with Crippen molar-refractivity contribution in [2.45, 2.75) is 23.6 Å². The molecule has 0 unspecified atom stereocenters. The molecule has 0 heterocycles. The van der Waals surface area contributed by atoms with Crippen molar-refractivity contribution < 1.29 is 21.8 Å². The molecule has 0 bridgehead atoms. The van der Waals surface area contributed by atoms with Gasteiger partial charge in [-0.25, -0.2) is 16.8 Å². The van der Waals surface area contributed by atoms with Gasteiger partial charge in [-0.3, -0.25) is 14.8 Å². The van der Waals surface area contributed by atoms with Crippen LogP contribution in [0.2, 0.25) is 0 Å². The monoisotopic (exact) mass is 413 g/mol. The second kappa shape index (κ2) is 8.03. The van der Waals surface area contributed by atoms with Crippen LogP contribution in [0.1, 0.15) is 13.8 Å². The number of anilines is 1. The van der Waals surface area contributed by atoms with Gasteiger partial charge in [0, 0.05) is 25.2 Å². The Hall–Kier alpha value is -2.50. The molecule has 2 aromatic rings. The molecule has 1 N–H and O–H groups in total. The molecule has 0 saturated heterocycles. The molecule has 0 saturated carbocycles. The van der Waals surface area contributed by atoms with E-state index in [-0.39, 0.29) is 21.2 Å². The highest BCUT2D eigenvalue weighted by Crippen LogP contribution is 2.22. The molecule has 9 nitrogen and oxygen atoms in total. The van der Waals surface area contributed by atoms with Crippen molar-refractivity contribution in [3.63, 3.8) is 0 Å². The van der Waals surface area contributed by atoms with Crippen molar-refractivity contribution in [1.82, 2.24) is 4.31 Å². The highest BCUT2D eigenvalue weighted by molar-refractivity contribution is 7.92. The Morgan fingerprint density at radius 1 is 0.963 bits per heavy atom. The Bertz CT molecular complexity index is 1030. The average molecular weight is 413 g/mol. The standard InChI is InChI=1S/C16H19N3O6S2/c1-3-18(4-2)27(24,25)16-10-8-15(9-11-16)26(22,23)17-13-6-5-7-14(12-13)19(20)21/h5-12,17H,3-4H2,1-2H3. The molecule has 0 fully saturated rings. The summed E-state index contributed by atoms with van der Waals surface area (Å²) in [6, 6.07) is 9.86. The number of nitro benzene ring substituents is 1. The van der Waals surface area contributed by atoms with E-state index in [0.717, 1.165) is 6.07 Å². The van der Waals surface area contributed by atoms with E-state index in [1.54, 1.807) is 13.8 Å². The predicted molar refractivity (Wildman–Crippen MR) is 100 cm³/mol. The summed E-state index contributed by atoms with van der Waals surface area (Å²) in [4.78, 5) is 9.98. The smallest absolute Gasteiger partial charge is 0.271 e. The largest absolute Gasteiger partial charge is 0.279 e. The van der Waals surface area contributed by atoms with Crippen molar-refractivity contribution in [1.29, 1.82) is 0 Å². The summed E-state index contributed by atoms with van der Waals surface area (Å²) in [6.07, 6.45) is 0. The van der Waals surface area contributed by atoms with E-state index in [2.05, 4.69) is 4.72 Å². The lowest BCUT2D eigenvalue weighted by molar-refractivity contribution is -0.384. The zero-order chi connectivity index (χ0) is 20.2. The molecule has 0 amide bonds. The van der Waals surface area contributed by atoms with Crippen LogP contribution in [0.15, 0.2) is 58.3 Å². The Morgan fingerprint density at radius 2 is 1.52 bits per heavy atom. The maximum atomic E-state index is 12.4. The zero-order valence-corrected chi connectivity index (χ0v) is 16.3. The fraction of sp³-hybridized carbons (Fsp3) is 0.250. The second-order valence-corrected chi connectivity index (χ2v) is 9.09. The lowest BCUT2D eigenvalue weighted by Gasteiger charge is -2.18. The van der Waals surface area contributed by atoms with Crippen LogP contribution in [0.25, 0.3) is 0 Å². The van der Waals surface area contributed by atoms with Crippen LogP contribution < -0.4 is 4.72 Å². The van der Waals surface area contributed by atoms with E-state index in [9.17, 15) is 26.9 Å². The van der Waals surface area contributed by atoms with E-state index in [1.807, 2.05) is 0 Å². The van der Waals surface area contributed by atoms with Crippen molar-refractivity contribution in [2.24, 2.45) is 0 Å². The number of nitro groups is 1. The van der Waals surface area contributed by atoms with E-state index < -0.39 is 25.0 Å². The maximum Gasteiger partial charge on any atom is 0.271 e. The number of rotatable bonds is 8. The molecular weight excluding hydrogens is 394 g/mol. The highest BCUT2D eigenvalue weighted by Gasteiger charge is 2.23. The first-order chi connectivity index (χ1) is 12.6. The van der Waals surface area contributed by atoms with E-state index in [4.69, 9.17) is 0 Å². The number of nitrogens with one attached hydrogen (secondary N) is 1. The van der Waals surface area contributed by atoms with Crippen LogP contribution in [0.4, 0.5) is 11.4 Å². The Balaban J connectivity index is 2.30. The number of nitrogens with zero attached hydrogens (tertiary/aromatic N) is 2. The van der Waals surface area contributed by atoms with Gasteiger partial charge in [-0.15, -0.1) is 0 Å². The Labute approximate surface area is 157 Å². The normalized spacial score (nSPS) is 12.1. The summed E-state index contributed by atoms with van der Waals surface area (Å²) in [7, 11) is -7.72. The molecule has 0 aliphatic carbocycles. The summed E-state index contributed by atoms with van der Waals surface area (Å²) in [5, 5.41) is 10.8. The van der Waals surface area contributed by atoms with Gasteiger partial charge in [0.25, 0.3) is 15.7 Å². The number of sulfonamides is 2. The van der Waals surface area contributed by atoms with Gasteiger partial charge < -0.3 is 0 Å². The third-order valence-electron chi connectivity index (χ3n) is 3.79. The fourth-order valence-corrected chi connectivity index (χ4v) is 4.91. The summed E-state index contributed by atoms with van der Waals surface area (Å²) in [5.41, 5.74) is -0.222. The summed E-state index contributed by atoms with van der Waals surface area (Å²) in [5.74, 6) is 0. The number of hydrogen-bond acceptors (Lipinski definition) is 6. The molecule has 0 radical (unpaired) electrons. The van der Waals surface area contributed by atoms with Gasteiger partial charge in [0.2, 0.25) is 10.0 Å². The van der Waals surface area contributed by atoms with Gasteiger partial charge in [0.05, 0.1) is 20.4 Å². The fourth-order valence-electron chi connectivity index (χ4n) is 2.40. The quantitative estimate of drug-likeness (QED) is 0.523. The molecule has 0 aliphatic rings. The van der Waals surface area contributed by atoms with E-state index >= 15 is 0 Å². The van der Waals surface area contributed by atoms with Crippen LogP contribution in [0, 0.1) is 10.1 Å². The lowest BCUT2D eigenvalue weighted by Crippen LogP contribution is -2.30. The number of benzene rings is 2. The van der Waals surface area contributed by atoms with Gasteiger partial charge in [-0.05, 0) is 30.3 Å². The number of non-ortho nitro benzene ring substituents is 1. The molecule has 146 valence electrons. The van der Waals surface area contributed by atoms with Crippen LogP contribution in [0.5, 0.6) is 0 Å². The van der Waals surface area contributed by atoms with E-state index in [0.29, 0.717) is 13.1 Å². The number of hydrogen-bond donors (Lipinski definition) is 1. The Morgan fingerprint density at radius 3 is 2.04 bits per heavy atom. The van der Waals surface area contributed by atoms with Gasteiger partial charge >= 0.3 is 0 Å². The second-order valence-electron chi connectivity index (χ2n) is 5.47. The molecule has 0 atom stereocenters. The van der Waals surface area contributed by atoms with Crippen molar-refractivity contribution >= 4 is 31.4 Å². The first kappa shape index (κ1) is 20.8.